The number of methoxy groups -OCH3 is 3. The monoisotopic (exact) mass is 1620 g/mol. The van der Waals surface area contributed by atoms with Gasteiger partial charge in [0, 0.05) is 228 Å². The highest BCUT2D eigenvalue weighted by molar-refractivity contribution is 5.94. The van der Waals surface area contributed by atoms with E-state index in [0.717, 1.165) is 253 Å². The molecule has 0 bridgehead atoms. The number of fused-ring (bicyclic) bond motifs is 3. The van der Waals surface area contributed by atoms with Crippen molar-refractivity contribution in [3.05, 3.63) is 217 Å². The number of rotatable bonds is 25. The minimum absolute atomic E-state index is 0.0216. The Bertz CT molecular complexity index is 5030. The average Bonchev–Trinajstić information content (AvgIpc) is 0.788. The van der Waals surface area contributed by atoms with Gasteiger partial charge in [-0.3, -0.25) is 4.90 Å². The van der Waals surface area contributed by atoms with Gasteiger partial charge in [-0.2, -0.15) is 0 Å². The standard InChI is InChI=1S/C31H37N7O2.C30H36N8O2.C30H35N7O3/c1-36-10-6-9-24(20-36)21-40-29-16-26-27(17-28(29)39-2)34-22-35-30(26)37-11-13-38(14-12-37)31-32-18-25(19-33-31)15-23-7-4-3-5-8-23;1-39-27-19-26-25(18-28(27)40-16-15-36-9-7-31-8-10-36)29(35-22-34-26)37-11-13-38(14-12-37)30-32-20-24(21-33-30)17-23-5-3-2-4-6-23;1-35-12-13-39-24(19-35)20-40-28-15-25-26(16-27(28)38-2)33-21-34-29(25)36-8-10-37(11-9-36)30-31-17-23(18-32-30)14-22-6-4-3-5-7-22/h3-5,7-8,16-19,22,24H,6,9-15,20-21H2,1-2H3;2-6,18-22,31H,7-17H2,1H3;3-7,15-18,21,24H,8-14,19-20H2,1-2H3/t24-;;/m0../s1. The third kappa shape index (κ3) is 21.0. The van der Waals surface area contributed by atoms with Gasteiger partial charge < -0.3 is 77.7 Å². The van der Waals surface area contributed by atoms with Crippen LogP contribution in [0.5, 0.6) is 34.5 Å². The minimum atomic E-state index is 0.0216. The quantitative estimate of drug-likeness (QED) is 0.0558. The van der Waals surface area contributed by atoms with Crippen LogP contribution in [0.25, 0.3) is 32.7 Å². The number of piperazine rings is 4. The van der Waals surface area contributed by atoms with Gasteiger partial charge >= 0.3 is 0 Å². The van der Waals surface area contributed by atoms with E-state index in [4.69, 9.17) is 38.1 Å². The molecule has 1 unspecified atom stereocenters. The maximum Gasteiger partial charge on any atom is 0.225 e. The van der Waals surface area contributed by atoms with Crippen LogP contribution in [0.2, 0.25) is 0 Å². The molecular formula is C91H108N22O7. The van der Waals surface area contributed by atoms with Crippen molar-refractivity contribution < 1.29 is 33.2 Å². The lowest BCUT2D eigenvalue weighted by Gasteiger charge is -2.35. The molecule has 0 spiro atoms. The Morgan fingerprint density at radius 3 is 1.11 bits per heavy atom. The SMILES string of the molecule is COc1cc2ncnc(N3CCN(c4ncc(Cc5ccccc5)cn4)CC3)c2cc1OCC1CN(C)CCO1.COc1cc2ncnc(N3CCN(c4ncc(Cc5ccccc5)cn4)CC3)c2cc1OCCN1CCNCC1.COc1cc2ncnc(N3CCN(c4ncc(Cc5ccccc5)cn4)CC3)c2cc1OC[C@H]1CCCN(C)C1. The summed E-state index contributed by atoms with van der Waals surface area (Å²) in [5, 5.41) is 6.28. The second-order valence-electron chi connectivity index (χ2n) is 31.3. The van der Waals surface area contributed by atoms with E-state index in [9.17, 15) is 0 Å². The van der Waals surface area contributed by atoms with Gasteiger partial charge in [0.25, 0.3) is 0 Å². The normalized spacial score (nSPS) is 17.6. The molecule has 2 atom stereocenters. The lowest BCUT2D eigenvalue weighted by atomic mass is 9.99. The van der Waals surface area contributed by atoms with Crippen molar-refractivity contribution in [2.75, 3.05) is 229 Å². The van der Waals surface area contributed by atoms with Gasteiger partial charge in [-0.15, -0.1) is 0 Å². The second-order valence-corrected chi connectivity index (χ2v) is 31.3. The number of likely N-dealkylation sites (N-methyl/N-ethyl adjacent to an activating group) is 1. The molecule has 6 aromatic carbocycles. The predicted octanol–water partition coefficient (Wildman–Crippen LogP) is 9.75. The number of morpholine rings is 1. The molecular weight excluding hydrogens is 1510 g/mol. The summed E-state index contributed by atoms with van der Waals surface area (Å²) < 4.78 is 41.6. The largest absolute Gasteiger partial charge is 0.493 e. The highest BCUT2D eigenvalue weighted by Crippen LogP contribution is 2.40. The van der Waals surface area contributed by atoms with Gasteiger partial charge in [0.1, 0.15) is 55.8 Å². The van der Waals surface area contributed by atoms with Crippen molar-refractivity contribution in [3.63, 3.8) is 0 Å². The topological polar surface area (TPSA) is 260 Å². The molecule has 12 aromatic rings. The zero-order valence-electron chi connectivity index (χ0n) is 69.4. The summed E-state index contributed by atoms with van der Waals surface area (Å²) >= 11 is 0. The molecule has 18 rings (SSSR count). The number of ether oxygens (including phenoxy) is 7. The highest BCUT2D eigenvalue weighted by atomic mass is 16.5. The fourth-order valence-electron chi connectivity index (χ4n) is 16.4. The van der Waals surface area contributed by atoms with Crippen LogP contribution >= 0.6 is 0 Å². The molecule has 0 amide bonds. The lowest BCUT2D eigenvalue weighted by molar-refractivity contribution is -0.0406. The van der Waals surface area contributed by atoms with Crippen LogP contribution < -0.4 is 63.1 Å². The second kappa shape index (κ2) is 40.2. The first-order valence-electron chi connectivity index (χ1n) is 41.9. The summed E-state index contributed by atoms with van der Waals surface area (Å²) in [7, 11) is 9.28. The summed E-state index contributed by atoms with van der Waals surface area (Å²) in [6.07, 6.45) is 21.5. The molecule has 6 aliphatic heterocycles. The van der Waals surface area contributed by atoms with Crippen molar-refractivity contribution in [1.29, 1.82) is 0 Å². The number of piperidine rings is 1. The van der Waals surface area contributed by atoms with Crippen molar-refractivity contribution in [1.82, 2.24) is 79.8 Å². The molecule has 0 saturated carbocycles. The summed E-state index contributed by atoms with van der Waals surface area (Å²) in [6, 6.07) is 43.1. The highest BCUT2D eigenvalue weighted by Gasteiger charge is 2.29. The number of nitrogens with one attached hydrogen (secondary N) is 1. The van der Waals surface area contributed by atoms with Crippen molar-refractivity contribution >= 4 is 68.0 Å². The van der Waals surface area contributed by atoms with Crippen LogP contribution in [0.15, 0.2) is 184 Å². The van der Waals surface area contributed by atoms with Gasteiger partial charge in [-0.1, -0.05) is 91.0 Å². The van der Waals surface area contributed by atoms with E-state index in [1.807, 2.05) is 85.7 Å². The van der Waals surface area contributed by atoms with Crippen molar-refractivity contribution in [2.45, 2.75) is 38.2 Å². The Kier molecular flexibility index (Phi) is 27.3. The molecule has 6 aliphatic rings. The molecule has 1 N–H and O–H groups in total. The third-order valence-corrected chi connectivity index (χ3v) is 23.0. The molecule has 624 valence electrons. The smallest absolute Gasteiger partial charge is 0.225 e. The van der Waals surface area contributed by atoms with Crippen LogP contribution in [-0.4, -0.2) is 280 Å². The van der Waals surface area contributed by atoms with E-state index in [1.54, 1.807) is 40.3 Å². The van der Waals surface area contributed by atoms with Gasteiger partial charge in [0.05, 0.1) is 51.1 Å². The van der Waals surface area contributed by atoms with E-state index in [2.05, 4.69) is 197 Å². The van der Waals surface area contributed by atoms with E-state index in [-0.39, 0.29) is 6.10 Å². The molecule has 6 fully saturated rings. The van der Waals surface area contributed by atoms with E-state index < -0.39 is 0 Å². The van der Waals surface area contributed by atoms with Crippen LogP contribution in [0.3, 0.4) is 0 Å². The minimum Gasteiger partial charge on any atom is -0.493 e. The zero-order chi connectivity index (χ0) is 81.8. The lowest BCUT2D eigenvalue weighted by Crippen LogP contribution is -2.47. The number of nitrogens with zero attached hydrogens (tertiary/aromatic N) is 21. The van der Waals surface area contributed by atoms with Gasteiger partial charge in [-0.25, -0.2) is 59.8 Å². The van der Waals surface area contributed by atoms with Crippen LogP contribution in [0.4, 0.5) is 35.3 Å². The van der Waals surface area contributed by atoms with E-state index >= 15 is 0 Å². The fourth-order valence-corrected chi connectivity index (χ4v) is 16.4. The molecule has 6 saturated heterocycles. The first-order valence-corrected chi connectivity index (χ1v) is 41.9. The first-order chi connectivity index (χ1) is 59.1. The van der Waals surface area contributed by atoms with Gasteiger partial charge in [0.2, 0.25) is 17.8 Å². The number of anilines is 6. The zero-order valence-corrected chi connectivity index (χ0v) is 69.4. The third-order valence-electron chi connectivity index (χ3n) is 23.0. The molecule has 0 radical (unpaired) electrons. The van der Waals surface area contributed by atoms with Crippen LogP contribution in [0.1, 0.15) is 46.2 Å². The molecule has 29 heteroatoms. The van der Waals surface area contributed by atoms with E-state index in [1.165, 1.54) is 29.5 Å². The first kappa shape index (κ1) is 81.7. The Labute approximate surface area is 701 Å². The predicted molar refractivity (Wildman–Crippen MR) is 469 cm³/mol. The average molecular weight is 1620 g/mol. The molecule has 0 aliphatic carbocycles. The molecule has 120 heavy (non-hydrogen) atoms. The number of likely N-dealkylation sites (tertiary alicyclic amines) is 1. The number of benzene rings is 6. The van der Waals surface area contributed by atoms with Crippen LogP contribution in [0, 0.1) is 5.92 Å². The van der Waals surface area contributed by atoms with Crippen molar-refractivity contribution in [2.24, 2.45) is 5.92 Å². The summed E-state index contributed by atoms with van der Waals surface area (Å²) in [6.45, 7) is 21.2. The summed E-state index contributed by atoms with van der Waals surface area (Å²) in [5.74, 6) is 9.77. The van der Waals surface area contributed by atoms with Crippen LogP contribution in [-0.2, 0) is 24.0 Å². The maximum atomic E-state index is 6.34. The Morgan fingerprint density at radius 1 is 0.367 bits per heavy atom. The molecule has 6 aromatic heterocycles. The van der Waals surface area contributed by atoms with Gasteiger partial charge in [0.15, 0.2) is 34.5 Å². The Balaban J connectivity index is 0.000000134. The number of hydrogen-bond donors (Lipinski definition) is 1. The summed E-state index contributed by atoms with van der Waals surface area (Å²) in [4.78, 5) is 76.3. The Hall–Kier alpha value is -12.0. The molecule has 29 nitrogen and oxygen atoms in total. The van der Waals surface area contributed by atoms with E-state index in [0.29, 0.717) is 55.3 Å². The summed E-state index contributed by atoms with van der Waals surface area (Å²) in [5.41, 5.74) is 9.63. The maximum absolute atomic E-state index is 6.34. The fraction of sp³-hybridized carbons (Fsp3) is 0.407. The Morgan fingerprint density at radius 2 is 0.733 bits per heavy atom. The molecule has 12 heterocycles. The van der Waals surface area contributed by atoms with Gasteiger partial charge in [-0.05, 0) is 85.1 Å². The van der Waals surface area contributed by atoms with Crippen molar-refractivity contribution in [3.8, 4) is 34.5 Å². The number of aromatic nitrogens is 12. The number of hydrogen-bond acceptors (Lipinski definition) is 29.